The zero-order chi connectivity index (χ0) is 25.4. The van der Waals surface area contributed by atoms with Gasteiger partial charge in [0.2, 0.25) is 11.7 Å². The van der Waals surface area contributed by atoms with Crippen LogP contribution in [0.1, 0.15) is 18.4 Å². The van der Waals surface area contributed by atoms with Crippen molar-refractivity contribution in [2.24, 2.45) is 22.4 Å². The number of anilines is 2. The van der Waals surface area contributed by atoms with Crippen LogP contribution in [0.4, 0.5) is 11.5 Å². The van der Waals surface area contributed by atoms with E-state index in [1.807, 2.05) is 36.4 Å². The fourth-order valence-corrected chi connectivity index (χ4v) is 3.64. The number of hydrogen-bond acceptors (Lipinski definition) is 9. The summed E-state index contributed by atoms with van der Waals surface area (Å²) in [6.07, 6.45) is 3.48. The third-order valence-electron chi connectivity index (χ3n) is 5.60. The summed E-state index contributed by atoms with van der Waals surface area (Å²) in [5.74, 6) is 5.70. The SMILES string of the molecule is COC1CCN(c2cnc3c(c2)OCCC(=O)N3C)C1.NC(=O)/C(N)=N/N(N)Cc1ccccc1. The molecule has 35 heavy (non-hydrogen) atoms. The van der Waals surface area contributed by atoms with E-state index >= 15 is 0 Å². The number of aromatic nitrogens is 1. The molecule has 3 heterocycles. The topological polar surface area (TPSA) is 166 Å². The van der Waals surface area contributed by atoms with Crippen molar-refractivity contribution in [2.75, 3.05) is 43.7 Å². The second kappa shape index (κ2) is 12.0. The minimum atomic E-state index is -0.793. The maximum Gasteiger partial charge on any atom is 0.285 e. The van der Waals surface area contributed by atoms with Crippen LogP contribution in [-0.2, 0) is 20.9 Å². The van der Waals surface area contributed by atoms with Gasteiger partial charge in [-0.3, -0.25) is 14.5 Å². The lowest BCUT2D eigenvalue weighted by Crippen LogP contribution is -2.36. The molecule has 0 bridgehead atoms. The summed E-state index contributed by atoms with van der Waals surface area (Å²) in [4.78, 5) is 30.6. The summed E-state index contributed by atoms with van der Waals surface area (Å²) in [7, 11) is 3.48. The van der Waals surface area contributed by atoms with Gasteiger partial charge in [-0.25, -0.2) is 15.9 Å². The summed E-state index contributed by atoms with van der Waals surface area (Å²) < 4.78 is 11.0. The number of primary amides is 1. The Morgan fingerprint density at radius 2 is 2.06 bits per heavy atom. The van der Waals surface area contributed by atoms with Crippen LogP contribution in [0.3, 0.4) is 0 Å². The first-order chi connectivity index (χ1) is 16.8. The second-order valence-corrected chi connectivity index (χ2v) is 8.09. The molecule has 1 fully saturated rings. The lowest BCUT2D eigenvalue weighted by molar-refractivity contribution is -0.118. The van der Waals surface area contributed by atoms with Crippen molar-refractivity contribution in [3.05, 3.63) is 48.2 Å². The van der Waals surface area contributed by atoms with E-state index in [-0.39, 0.29) is 17.8 Å². The third kappa shape index (κ3) is 7.04. The van der Waals surface area contributed by atoms with Crippen LogP contribution in [0.15, 0.2) is 47.7 Å². The molecule has 1 saturated heterocycles. The van der Waals surface area contributed by atoms with E-state index in [0.29, 0.717) is 31.1 Å². The van der Waals surface area contributed by atoms with Crippen LogP contribution >= 0.6 is 0 Å². The van der Waals surface area contributed by atoms with Gasteiger partial charge in [0.25, 0.3) is 5.91 Å². The van der Waals surface area contributed by atoms with Gasteiger partial charge in [-0.2, -0.15) is 0 Å². The Hall–Kier alpha value is -3.90. The largest absolute Gasteiger partial charge is 0.489 e. The normalized spacial score (nSPS) is 17.6. The van der Waals surface area contributed by atoms with Gasteiger partial charge < -0.3 is 25.8 Å². The Bertz CT molecular complexity index is 1050. The highest BCUT2D eigenvalue weighted by Crippen LogP contribution is 2.33. The molecule has 0 saturated carbocycles. The molecule has 0 radical (unpaired) electrons. The van der Waals surface area contributed by atoms with Gasteiger partial charge in [0.05, 0.1) is 37.6 Å². The second-order valence-electron chi connectivity index (χ2n) is 8.09. The number of pyridine rings is 1. The van der Waals surface area contributed by atoms with Crippen LogP contribution < -0.4 is 31.8 Å². The summed E-state index contributed by atoms with van der Waals surface area (Å²) in [5, 5.41) is 4.67. The first kappa shape index (κ1) is 25.7. The summed E-state index contributed by atoms with van der Waals surface area (Å²) in [6.45, 7) is 2.58. The van der Waals surface area contributed by atoms with E-state index in [1.54, 1.807) is 25.3 Å². The van der Waals surface area contributed by atoms with Crippen molar-refractivity contribution in [3.63, 3.8) is 0 Å². The maximum atomic E-state index is 11.8. The van der Waals surface area contributed by atoms with Crippen molar-refractivity contribution in [2.45, 2.75) is 25.5 Å². The van der Waals surface area contributed by atoms with Gasteiger partial charge in [-0.15, -0.1) is 5.10 Å². The fraction of sp³-hybridized carbons (Fsp3) is 0.391. The minimum Gasteiger partial charge on any atom is -0.489 e. The number of methoxy groups -OCH3 is 1. The monoisotopic (exact) mass is 484 g/mol. The maximum absolute atomic E-state index is 11.8. The number of hydrazone groups is 1. The van der Waals surface area contributed by atoms with Gasteiger partial charge in [0.15, 0.2) is 11.6 Å². The molecule has 2 aromatic rings. The predicted molar refractivity (Wildman–Crippen MR) is 132 cm³/mol. The van der Waals surface area contributed by atoms with Crippen LogP contribution in [0.5, 0.6) is 5.75 Å². The van der Waals surface area contributed by atoms with Crippen LogP contribution in [0.25, 0.3) is 0 Å². The molecule has 1 unspecified atom stereocenters. The van der Waals surface area contributed by atoms with Crippen molar-refractivity contribution in [1.82, 2.24) is 10.1 Å². The molecule has 2 aliphatic heterocycles. The number of carbonyl (C=O) groups excluding carboxylic acids is 2. The van der Waals surface area contributed by atoms with E-state index in [1.165, 1.54) is 0 Å². The van der Waals surface area contributed by atoms with Gasteiger partial charge in [0.1, 0.15) is 0 Å². The van der Waals surface area contributed by atoms with E-state index < -0.39 is 5.91 Å². The zero-order valence-electron chi connectivity index (χ0n) is 20.0. The van der Waals surface area contributed by atoms with Gasteiger partial charge >= 0.3 is 0 Å². The quantitative estimate of drug-likeness (QED) is 0.232. The number of amidine groups is 1. The molecule has 0 spiro atoms. The van der Waals surface area contributed by atoms with E-state index in [4.69, 9.17) is 26.8 Å². The van der Waals surface area contributed by atoms with Crippen LogP contribution in [0, 0.1) is 0 Å². The molecule has 12 nitrogen and oxygen atoms in total. The Morgan fingerprint density at radius 3 is 2.71 bits per heavy atom. The van der Waals surface area contributed by atoms with Gasteiger partial charge in [0, 0.05) is 33.3 Å². The molecule has 4 rings (SSSR count). The first-order valence-corrected chi connectivity index (χ1v) is 11.2. The highest BCUT2D eigenvalue weighted by Gasteiger charge is 2.26. The number of carbonyl (C=O) groups is 2. The highest BCUT2D eigenvalue weighted by atomic mass is 16.5. The lowest BCUT2D eigenvalue weighted by Gasteiger charge is -2.21. The number of nitrogens with zero attached hydrogens (tertiary/aromatic N) is 5. The van der Waals surface area contributed by atoms with Gasteiger partial charge in [-0.05, 0) is 12.0 Å². The average Bonchev–Trinajstić information content (AvgIpc) is 3.28. The zero-order valence-corrected chi connectivity index (χ0v) is 20.0. The Kier molecular flexibility index (Phi) is 8.81. The number of amides is 2. The van der Waals surface area contributed by atoms with Crippen molar-refractivity contribution < 1.29 is 19.1 Å². The van der Waals surface area contributed by atoms with Crippen LogP contribution in [-0.4, -0.2) is 67.7 Å². The summed E-state index contributed by atoms with van der Waals surface area (Å²) in [5.41, 5.74) is 12.1. The minimum absolute atomic E-state index is 0.0321. The number of benzene rings is 1. The summed E-state index contributed by atoms with van der Waals surface area (Å²) >= 11 is 0. The molecular weight excluding hydrogens is 452 g/mol. The number of fused-ring (bicyclic) bond motifs is 1. The van der Waals surface area contributed by atoms with Crippen LogP contribution in [0.2, 0.25) is 0 Å². The van der Waals surface area contributed by atoms with E-state index in [2.05, 4.69) is 15.0 Å². The molecule has 2 amide bonds. The molecule has 0 aliphatic carbocycles. The number of rotatable bonds is 5. The lowest BCUT2D eigenvalue weighted by atomic mass is 10.2. The predicted octanol–water partition coefficient (Wildman–Crippen LogP) is 0.172. The van der Waals surface area contributed by atoms with E-state index in [0.717, 1.165) is 35.9 Å². The molecular formula is C23H32N8O4. The fourth-order valence-electron chi connectivity index (χ4n) is 3.64. The smallest absolute Gasteiger partial charge is 0.285 e. The Balaban J connectivity index is 0.000000205. The Labute approximate surface area is 204 Å². The number of ether oxygens (including phenoxy) is 2. The standard InChI is InChI=1S/C14H19N3O3.C9H13N5O/c1-16-13(18)4-6-20-12-7-10(8-15-14(12)16)17-5-3-11(9-17)19-2;10-8(9(11)15)13-14(12)6-7-4-2-1-3-5-7/h7-8,11H,3-6,9H2,1-2H3;1-5H,6,12H2,(H2,10,13)(H2,11,15). The van der Waals surface area contributed by atoms with E-state index in [9.17, 15) is 9.59 Å². The summed E-state index contributed by atoms with van der Waals surface area (Å²) in [6, 6.07) is 11.4. The molecule has 12 heteroatoms. The Morgan fingerprint density at radius 1 is 1.31 bits per heavy atom. The van der Waals surface area contributed by atoms with Crippen molar-refractivity contribution in [1.29, 1.82) is 0 Å². The number of nitrogens with two attached hydrogens (primary N) is 3. The number of hydrazine groups is 1. The van der Waals surface area contributed by atoms with Crippen molar-refractivity contribution in [3.8, 4) is 5.75 Å². The molecule has 2 aliphatic rings. The van der Waals surface area contributed by atoms with Crippen molar-refractivity contribution >= 4 is 29.2 Å². The average molecular weight is 485 g/mol. The molecule has 1 aromatic heterocycles. The first-order valence-electron chi connectivity index (χ1n) is 11.2. The highest BCUT2D eigenvalue weighted by molar-refractivity contribution is 6.36. The molecule has 1 atom stereocenters. The molecule has 1 aromatic carbocycles. The third-order valence-corrected chi connectivity index (χ3v) is 5.60. The molecule has 6 N–H and O–H groups in total. The molecule has 188 valence electrons. The number of hydrogen-bond donors (Lipinski definition) is 3. The van der Waals surface area contributed by atoms with Gasteiger partial charge in [-0.1, -0.05) is 30.3 Å².